The molecule has 3 N–H and O–H groups in total. The van der Waals surface area contributed by atoms with Crippen molar-refractivity contribution in [1.82, 2.24) is 0 Å². The molecule has 3 heteroatoms. The van der Waals surface area contributed by atoms with Crippen molar-refractivity contribution in [3.8, 4) is 5.75 Å². The molecule has 0 bridgehead atoms. The molecule has 2 rings (SSSR count). The largest absolute Gasteiger partial charge is 0.508 e. The van der Waals surface area contributed by atoms with Crippen molar-refractivity contribution in [2.24, 2.45) is 0 Å². The quantitative estimate of drug-likeness (QED) is 0.511. The van der Waals surface area contributed by atoms with Crippen molar-refractivity contribution in [3.05, 3.63) is 23.8 Å². The highest BCUT2D eigenvalue weighted by molar-refractivity contribution is 5.61. The van der Waals surface area contributed by atoms with Gasteiger partial charge in [-0.3, -0.25) is 0 Å². The first-order valence-electron chi connectivity index (χ1n) is 3.53. The molecule has 1 aromatic carbocycles. The molecule has 0 aromatic heterocycles. The van der Waals surface area contributed by atoms with Crippen LogP contribution in [0.1, 0.15) is 5.56 Å². The molecule has 0 spiro atoms. The molecule has 0 aliphatic carbocycles. The molecule has 0 saturated heterocycles. The van der Waals surface area contributed by atoms with E-state index in [0.717, 1.165) is 11.3 Å². The smallest absolute Gasteiger partial charge is 0.128 e. The molecule has 58 valence electrons. The highest BCUT2D eigenvalue weighted by Crippen LogP contribution is 2.31. The van der Waals surface area contributed by atoms with Crippen LogP contribution < -0.4 is 5.32 Å². The van der Waals surface area contributed by atoms with Gasteiger partial charge >= 0.3 is 0 Å². The van der Waals surface area contributed by atoms with Crippen LogP contribution >= 0.6 is 0 Å². The number of benzene rings is 1. The van der Waals surface area contributed by atoms with E-state index in [1.54, 1.807) is 12.1 Å². The monoisotopic (exact) mass is 151 g/mol. The Balaban J connectivity index is 2.49. The molecule has 1 heterocycles. The van der Waals surface area contributed by atoms with Gasteiger partial charge in [-0.05, 0) is 12.1 Å². The first-order valence-corrected chi connectivity index (χ1v) is 3.53. The second-order valence-electron chi connectivity index (χ2n) is 2.67. The molecular weight excluding hydrogens is 142 g/mol. The lowest BCUT2D eigenvalue weighted by atomic mass is 10.1. The average molecular weight is 151 g/mol. The van der Waals surface area contributed by atoms with Crippen LogP contribution in [0, 0.1) is 0 Å². The number of phenolic OH excluding ortho intramolecular Hbond substituents is 1. The molecule has 1 unspecified atom stereocenters. The highest BCUT2D eigenvalue weighted by Gasteiger charge is 2.20. The molecule has 0 saturated carbocycles. The molecule has 1 aliphatic rings. The number of aliphatic hydroxyl groups is 1. The zero-order valence-corrected chi connectivity index (χ0v) is 5.91. The van der Waals surface area contributed by atoms with Crippen molar-refractivity contribution in [3.63, 3.8) is 0 Å². The van der Waals surface area contributed by atoms with Crippen LogP contribution in [0.25, 0.3) is 0 Å². The summed E-state index contributed by atoms with van der Waals surface area (Å²) in [5.74, 6) is 0.256. The fourth-order valence-corrected chi connectivity index (χ4v) is 1.35. The van der Waals surface area contributed by atoms with Crippen LogP contribution in [-0.2, 0) is 6.42 Å². The van der Waals surface area contributed by atoms with Gasteiger partial charge in [-0.1, -0.05) is 6.07 Å². The summed E-state index contributed by atoms with van der Waals surface area (Å²) in [5, 5.41) is 21.3. The van der Waals surface area contributed by atoms with E-state index in [1.807, 2.05) is 6.07 Å². The summed E-state index contributed by atoms with van der Waals surface area (Å²) in [7, 11) is 0. The molecule has 1 atom stereocenters. The molecule has 0 radical (unpaired) electrons. The van der Waals surface area contributed by atoms with Gasteiger partial charge in [0.15, 0.2) is 0 Å². The van der Waals surface area contributed by atoms with Gasteiger partial charge in [0.1, 0.15) is 12.0 Å². The zero-order valence-electron chi connectivity index (χ0n) is 5.91. The summed E-state index contributed by atoms with van der Waals surface area (Å²) in [6.07, 6.45) is -0.0551. The lowest BCUT2D eigenvalue weighted by molar-refractivity contribution is 0.211. The van der Waals surface area contributed by atoms with Gasteiger partial charge in [0.25, 0.3) is 0 Å². The number of rotatable bonds is 0. The maximum Gasteiger partial charge on any atom is 0.128 e. The van der Waals surface area contributed by atoms with Crippen molar-refractivity contribution < 1.29 is 10.2 Å². The van der Waals surface area contributed by atoms with Crippen LogP contribution in [0.2, 0.25) is 0 Å². The second kappa shape index (κ2) is 2.13. The van der Waals surface area contributed by atoms with Gasteiger partial charge in [0.2, 0.25) is 0 Å². The topological polar surface area (TPSA) is 52.5 Å². The molecule has 0 fully saturated rings. The predicted octanol–water partition coefficient (Wildman–Crippen LogP) is 0.679. The summed E-state index contributed by atoms with van der Waals surface area (Å²) in [5.41, 5.74) is 1.64. The lowest BCUT2D eigenvalue weighted by Crippen LogP contribution is -2.12. The maximum atomic E-state index is 9.30. The Hall–Kier alpha value is -1.22. The van der Waals surface area contributed by atoms with E-state index in [9.17, 15) is 5.11 Å². The minimum atomic E-state index is -0.543. The Morgan fingerprint density at radius 1 is 1.45 bits per heavy atom. The Kier molecular flexibility index (Phi) is 1.26. The first kappa shape index (κ1) is 6.49. The van der Waals surface area contributed by atoms with Gasteiger partial charge < -0.3 is 15.5 Å². The van der Waals surface area contributed by atoms with Gasteiger partial charge in [-0.25, -0.2) is 0 Å². The Morgan fingerprint density at radius 3 is 3.00 bits per heavy atom. The Bertz CT molecular complexity index is 285. The fourth-order valence-electron chi connectivity index (χ4n) is 1.35. The van der Waals surface area contributed by atoms with Crippen LogP contribution in [0.4, 0.5) is 5.69 Å². The summed E-state index contributed by atoms with van der Waals surface area (Å²) >= 11 is 0. The Morgan fingerprint density at radius 2 is 2.27 bits per heavy atom. The minimum Gasteiger partial charge on any atom is -0.508 e. The Labute approximate surface area is 64.3 Å². The van der Waals surface area contributed by atoms with Gasteiger partial charge in [0.05, 0.1) is 0 Å². The molecule has 3 nitrogen and oxygen atoms in total. The van der Waals surface area contributed by atoms with Crippen LogP contribution in [-0.4, -0.2) is 16.4 Å². The van der Waals surface area contributed by atoms with Gasteiger partial charge in [-0.15, -0.1) is 0 Å². The normalized spacial score (nSPS) is 21.0. The molecular formula is C8H9NO2. The number of nitrogens with one attached hydrogen (secondary N) is 1. The summed E-state index contributed by atoms with van der Waals surface area (Å²) < 4.78 is 0. The number of aromatic hydroxyl groups is 1. The number of hydrogen-bond acceptors (Lipinski definition) is 3. The first-order chi connectivity index (χ1) is 5.27. The fraction of sp³-hybridized carbons (Fsp3) is 0.250. The van der Waals surface area contributed by atoms with Crippen LogP contribution in [0.3, 0.4) is 0 Å². The lowest BCUT2D eigenvalue weighted by Gasteiger charge is -2.00. The standard InChI is InChI=1S/C8H9NO2/c10-7-3-1-2-6-5(7)4-8(11)9-6/h1-3,8-11H,4H2. The number of phenols is 1. The van der Waals surface area contributed by atoms with E-state index < -0.39 is 6.23 Å². The van der Waals surface area contributed by atoms with E-state index >= 15 is 0 Å². The minimum absolute atomic E-state index is 0.256. The van der Waals surface area contributed by atoms with E-state index in [4.69, 9.17) is 5.11 Å². The third kappa shape index (κ3) is 0.935. The molecule has 1 aromatic rings. The average Bonchev–Trinajstić information content (AvgIpc) is 2.31. The van der Waals surface area contributed by atoms with Crippen molar-refractivity contribution >= 4 is 5.69 Å². The van der Waals surface area contributed by atoms with E-state index in [0.29, 0.717) is 6.42 Å². The van der Waals surface area contributed by atoms with Crippen molar-refractivity contribution in [2.75, 3.05) is 5.32 Å². The van der Waals surface area contributed by atoms with Gasteiger partial charge in [-0.2, -0.15) is 0 Å². The third-order valence-electron chi connectivity index (χ3n) is 1.87. The number of aliphatic hydroxyl groups excluding tert-OH is 1. The van der Waals surface area contributed by atoms with Gasteiger partial charge in [0, 0.05) is 17.7 Å². The third-order valence-corrected chi connectivity index (χ3v) is 1.87. The van der Waals surface area contributed by atoms with Crippen LogP contribution in [0.5, 0.6) is 5.75 Å². The predicted molar refractivity (Wildman–Crippen MR) is 41.4 cm³/mol. The van der Waals surface area contributed by atoms with E-state index in [1.165, 1.54) is 0 Å². The van der Waals surface area contributed by atoms with E-state index in [2.05, 4.69) is 5.32 Å². The second-order valence-corrected chi connectivity index (χ2v) is 2.67. The summed E-state index contributed by atoms with van der Waals surface area (Å²) in [4.78, 5) is 0. The molecule has 11 heavy (non-hydrogen) atoms. The van der Waals surface area contributed by atoms with Crippen LogP contribution in [0.15, 0.2) is 18.2 Å². The van der Waals surface area contributed by atoms with Crippen molar-refractivity contribution in [2.45, 2.75) is 12.6 Å². The zero-order chi connectivity index (χ0) is 7.84. The number of fused-ring (bicyclic) bond motifs is 1. The number of hydrogen-bond donors (Lipinski definition) is 3. The summed E-state index contributed by atoms with van der Waals surface area (Å²) in [6.45, 7) is 0. The molecule has 0 amide bonds. The summed E-state index contributed by atoms with van der Waals surface area (Å²) in [6, 6.07) is 5.21. The highest BCUT2D eigenvalue weighted by atomic mass is 16.3. The number of anilines is 1. The van der Waals surface area contributed by atoms with Crippen molar-refractivity contribution in [1.29, 1.82) is 0 Å². The maximum absolute atomic E-state index is 9.30. The SMILES string of the molecule is Oc1cccc2c1CC(O)N2. The molecule has 1 aliphatic heterocycles. The van der Waals surface area contributed by atoms with E-state index in [-0.39, 0.29) is 5.75 Å².